The Morgan fingerprint density at radius 2 is 1.81 bits per heavy atom. The van der Waals surface area contributed by atoms with E-state index in [1.165, 1.54) is 18.5 Å². The fourth-order valence-corrected chi connectivity index (χ4v) is 1.90. The minimum atomic E-state index is 0.797. The van der Waals surface area contributed by atoms with E-state index in [1.807, 2.05) is 0 Å². The molecular formula is C14H24N2. The first-order chi connectivity index (χ1) is 7.86. The van der Waals surface area contributed by atoms with E-state index in [-0.39, 0.29) is 0 Å². The van der Waals surface area contributed by atoms with Crippen molar-refractivity contribution in [1.29, 1.82) is 0 Å². The molecule has 0 aliphatic rings. The van der Waals surface area contributed by atoms with Gasteiger partial charge >= 0.3 is 0 Å². The van der Waals surface area contributed by atoms with Crippen molar-refractivity contribution < 1.29 is 0 Å². The minimum Gasteiger partial charge on any atom is -0.330 e. The molecule has 2 nitrogen and oxygen atoms in total. The smallest absolute Gasteiger partial charge is 0.00218 e. The molecule has 0 radical (unpaired) electrons. The Balaban J connectivity index is 2.31. The van der Waals surface area contributed by atoms with Crippen LogP contribution >= 0.6 is 0 Å². The van der Waals surface area contributed by atoms with Gasteiger partial charge in [0.2, 0.25) is 0 Å². The molecule has 0 fully saturated rings. The van der Waals surface area contributed by atoms with Gasteiger partial charge in [0.1, 0.15) is 0 Å². The van der Waals surface area contributed by atoms with E-state index in [0.29, 0.717) is 0 Å². The van der Waals surface area contributed by atoms with Crippen molar-refractivity contribution in [1.82, 2.24) is 4.90 Å². The molecule has 90 valence electrons. The number of benzene rings is 1. The molecule has 16 heavy (non-hydrogen) atoms. The summed E-state index contributed by atoms with van der Waals surface area (Å²) in [6.07, 6.45) is 3.47. The van der Waals surface area contributed by atoms with Crippen LogP contribution in [0.3, 0.4) is 0 Å². The maximum atomic E-state index is 5.55. The molecule has 1 rings (SSSR count). The summed E-state index contributed by atoms with van der Waals surface area (Å²) in [7, 11) is 0. The summed E-state index contributed by atoms with van der Waals surface area (Å²) < 4.78 is 0. The van der Waals surface area contributed by atoms with Gasteiger partial charge in [-0.2, -0.15) is 0 Å². The Hall–Kier alpha value is -0.860. The lowest BCUT2D eigenvalue weighted by atomic mass is 10.1. The van der Waals surface area contributed by atoms with Crippen LogP contribution in [0, 0.1) is 0 Å². The van der Waals surface area contributed by atoms with Crippen molar-refractivity contribution in [2.75, 3.05) is 26.2 Å². The molecule has 0 saturated carbocycles. The third-order valence-electron chi connectivity index (χ3n) is 2.78. The Morgan fingerprint density at radius 3 is 2.44 bits per heavy atom. The summed E-state index contributed by atoms with van der Waals surface area (Å²) in [5.41, 5.74) is 6.98. The average molecular weight is 220 g/mol. The molecule has 0 unspecified atom stereocenters. The van der Waals surface area contributed by atoms with E-state index < -0.39 is 0 Å². The zero-order valence-corrected chi connectivity index (χ0v) is 10.4. The van der Waals surface area contributed by atoms with Crippen molar-refractivity contribution in [3.8, 4) is 0 Å². The Morgan fingerprint density at radius 1 is 1.06 bits per heavy atom. The van der Waals surface area contributed by atoms with E-state index in [9.17, 15) is 0 Å². The van der Waals surface area contributed by atoms with Gasteiger partial charge in [0.25, 0.3) is 0 Å². The van der Waals surface area contributed by atoms with Crippen molar-refractivity contribution in [2.24, 2.45) is 5.73 Å². The van der Waals surface area contributed by atoms with Crippen LogP contribution in [0.25, 0.3) is 0 Å². The summed E-state index contributed by atoms with van der Waals surface area (Å²) in [4.78, 5) is 2.51. The fraction of sp³-hybridized carbons (Fsp3) is 0.571. The lowest BCUT2D eigenvalue weighted by Crippen LogP contribution is -2.29. The quantitative estimate of drug-likeness (QED) is 0.728. The van der Waals surface area contributed by atoms with Crippen molar-refractivity contribution >= 4 is 0 Å². The maximum Gasteiger partial charge on any atom is 0.00218 e. The van der Waals surface area contributed by atoms with Gasteiger partial charge in [-0.1, -0.05) is 37.3 Å². The molecule has 0 saturated heterocycles. The predicted octanol–water partition coefficient (Wildman–Crippen LogP) is 2.29. The molecule has 0 amide bonds. The lowest BCUT2D eigenvalue weighted by molar-refractivity contribution is 0.275. The second-order valence-corrected chi connectivity index (χ2v) is 4.22. The minimum absolute atomic E-state index is 0.797. The second kappa shape index (κ2) is 8.31. The second-order valence-electron chi connectivity index (χ2n) is 4.22. The number of rotatable bonds is 8. The molecule has 0 bridgehead atoms. The highest BCUT2D eigenvalue weighted by Crippen LogP contribution is 2.02. The number of nitrogens with zero attached hydrogens (tertiary/aromatic N) is 1. The highest BCUT2D eigenvalue weighted by atomic mass is 15.1. The first kappa shape index (κ1) is 13.2. The van der Waals surface area contributed by atoms with Crippen LogP contribution in [0.4, 0.5) is 0 Å². The van der Waals surface area contributed by atoms with Crippen LogP contribution in [-0.4, -0.2) is 31.1 Å². The normalized spacial score (nSPS) is 10.9. The molecule has 0 aromatic heterocycles. The van der Waals surface area contributed by atoms with Gasteiger partial charge in [0, 0.05) is 6.54 Å². The van der Waals surface area contributed by atoms with E-state index in [4.69, 9.17) is 5.73 Å². The standard InChI is InChI=1S/C14H24N2/c1-2-11-16(12-6-10-15)13-9-14-7-4-3-5-8-14/h3-5,7-8H,2,6,9-13,15H2,1H3. The van der Waals surface area contributed by atoms with E-state index in [2.05, 4.69) is 42.2 Å². The number of nitrogens with two attached hydrogens (primary N) is 1. The summed E-state index contributed by atoms with van der Waals surface area (Å²) in [5, 5.41) is 0. The van der Waals surface area contributed by atoms with Gasteiger partial charge in [-0.25, -0.2) is 0 Å². The van der Waals surface area contributed by atoms with Crippen LogP contribution in [0.1, 0.15) is 25.3 Å². The van der Waals surface area contributed by atoms with Gasteiger partial charge in [-0.15, -0.1) is 0 Å². The largest absolute Gasteiger partial charge is 0.330 e. The molecule has 2 heteroatoms. The van der Waals surface area contributed by atoms with Crippen molar-refractivity contribution in [3.63, 3.8) is 0 Å². The average Bonchev–Trinajstić information content (AvgIpc) is 2.34. The third-order valence-corrected chi connectivity index (χ3v) is 2.78. The van der Waals surface area contributed by atoms with Crippen LogP contribution in [0.5, 0.6) is 0 Å². The molecule has 1 aromatic rings. The van der Waals surface area contributed by atoms with Crippen LogP contribution in [0.2, 0.25) is 0 Å². The van der Waals surface area contributed by atoms with Gasteiger partial charge < -0.3 is 10.6 Å². The highest BCUT2D eigenvalue weighted by Gasteiger charge is 2.03. The topological polar surface area (TPSA) is 29.3 Å². The van der Waals surface area contributed by atoms with Gasteiger partial charge in [0.15, 0.2) is 0 Å². The molecule has 0 aliphatic heterocycles. The molecule has 0 atom stereocenters. The SMILES string of the molecule is CCCN(CCCN)CCc1ccccc1. The molecule has 0 aliphatic carbocycles. The zero-order chi connectivity index (χ0) is 11.6. The van der Waals surface area contributed by atoms with Crippen molar-refractivity contribution in [3.05, 3.63) is 35.9 Å². The Bertz CT molecular complexity index is 259. The summed E-state index contributed by atoms with van der Waals surface area (Å²) in [6.45, 7) is 6.51. The molecule has 2 N–H and O–H groups in total. The third kappa shape index (κ3) is 5.29. The highest BCUT2D eigenvalue weighted by molar-refractivity contribution is 5.14. The first-order valence-electron chi connectivity index (χ1n) is 6.33. The Labute approximate surface area is 99.5 Å². The van der Waals surface area contributed by atoms with E-state index in [0.717, 1.165) is 32.5 Å². The molecular weight excluding hydrogens is 196 g/mol. The van der Waals surface area contributed by atoms with Gasteiger partial charge in [0.05, 0.1) is 0 Å². The van der Waals surface area contributed by atoms with Crippen LogP contribution in [-0.2, 0) is 6.42 Å². The summed E-state index contributed by atoms with van der Waals surface area (Å²) in [5.74, 6) is 0. The van der Waals surface area contributed by atoms with E-state index in [1.54, 1.807) is 0 Å². The molecule has 0 spiro atoms. The summed E-state index contributed by atoms with van der Waals surface area (Å²) >= 11 is 0. The monoisotopic (exact) mass is 220 g/mol. The summed E-state index contributed by atoms with van der Waals surface area (Å²) in [6, 6.07) is 10.7. The fourth-order valence-electron chi connectivity index (χ4n) is 1.90. The Kier molecular flexibility index (Phi) is 6.86. The zero-order valence-electron chi connectivity index (χ0n) is 10.4. The molecule has 1 aromatic carbocycles. The first-order valence-corrected chi connectivity index (χ1v) is 6.33. The number of hydrogen-bond acceptors (Lipinski definition) is 2. The van der Waals surface area contributed by atoms with Gasteiger partial charge in [-0.3, -0.25) is 0 Å². The lowest BCUT2D eigenvalue weighted by Gasteiger charge is -2.21. The predicted molar refractivity (Wildman–Crippen MR) is 70.5 cm³/mol. The maximum absolute atomic E-state index is 5.55. The number of hydrogen-bond donors (Lipinski definition) is 1. The van der Waals surface area contributed by atoms with E-state index >= 15 is 0 Å². The van der Waals surface area contributed by atoms with Gasteiger partial charge in [-0.05, 0) is 44.5 Å². The van der Waals surface area contributed by atoms with Crippen molar-refractivity contribution in [2.45, 2.75) is 26.2 Å². The van der Waals surface area contributed by atoms with Crippen LogP contribution < -0.4 is 5.73 Å². The molecule has 0 heterocycles. The van der Waals surface area contributed by atoms with Crippen LogP contribution in [0.15, 0.2) is 30.3 Å².